The van der Waals surface area contributed by atoms with E-state index < -0.39 is 0 Å². The summed E-state index contributed by atoms with van der Waals surface area (Å²) in [5.41, 5.74) is 1.25. The third-order valence-electron chi connectivity index (χ3n) is 6.74. The highest BCUT2D eigenvalue weighted by atomic mass is 32.1. The van der Waals surface area contributed by atoms with Crippen molar-refractivity contribution in [2.24, 2.45) is 11.8 Å². The van der Waals surface area contributed by atoms with E-state index in [4.69, 9.17) is 4.52 Å². The number of fused-ring (bicyclic) bond motifs is 1. The van der Waals surface area contributed by atoms with Crippen molar-refractivity contribution in [3.05, 3.63) is 28.5 Å². The van der Waals surface area contributed by atoms with Crippen LogP contribution >= 0.6 is 11.3 Å². The second-order valence-corrected chi connectivity index (χ2v) is 10.6. The Labute approximate surface area is 191 Å². The van der Waals surface area contributed by atoms with Gasteiger partial charge in [0, 0.05) is 29.8 Å². The standard InChI is InChI=1S/C23H30N6O2S/c1-12(2)18(22-27-19(28-31-22)15-5-6-15)26-21(30)16-7-9-29(10-8-16)20-17-13(3)14(4)32-23(17)25-11-24-20/h11-12,15-16,18H,5-10H2,1-4H3,(H,26,30). The van der Waals surface area contributed by atoms with E-state index in [-0.39, 0.29) is 23.8 Å². The van der Waals surface area contributed by atoms with Gasteiger partial charge in [0.2, 0.25) is 11.8 Å². The number of piperidine rings is 1. The summed E-state index contributed by atoms with van der Waals surface area (Å²) in [7, 11) is 0. The summed E-state index contributed by atoms with van der Waals surface area (Å²) in [6, 6.07) is -0.251. The Bertz CT molecular complexity index is 1130. The summed E-state index contributed by atoms with van der Waals surface area (Å²) in [5, 5.41) is 8.47. The quantitative estimate of drug-likeness (QED) is 0.593. The predicted molar refractivity (Wildman–Crippen MR) is 124 cm³/mol. The zero-order valence-corrected chi connectivity index (χ0v) is 19.9. The third kappa shape index (κ3) is 3.98. The molecule has 8 nitrogen and oxygen atoms in total. The van der Waals surface area contributed by atoms with E-state index in [1.54, 1.807) is 17.7 Å². The minimum absolute atomic E-state index is 0.0269. The fraction of sp³-hybridized carbons (Fsp3) is 0.609. The summed E-state index contributed by atoms with van der Waals surface area (Å²) in [6.07, 6.45) is 5.49. The van der Waals surface area contributed by atoms with Crippen molar-refractivity contribution in [1.29, 1.82) is 0 Å². The Morgan fingerprint density at radius 2 is 1.94 bits per heavy atom. The molecule has 3 aromatic heterocycles. The first-order valence-corrected chi connectivity index (χ1v) is 12.3. The van der Waals surface area contributed by atoms with Crippen LogP contribution in [-0.4, -0.2) is 39.1 Å². The molecule has 32 heavy (non-hydrogen) atoms. The van der Waals surface area contributed by atoms with Crippen molar-refractivity contribution in [3.63, 3.8) is 0 Å². The van der Waals surface area contributed by atoms with Crippen LogP contribution in [-0.2, 0) is 4.79 Å². The van der Waals surface area contributed by atoms with Crippen LogP contribution in [0.15, 0.2) is 10.9 Å². The minimum atomic E-state index is -0.251. The molecule has 1 amide bonds. The highest BCUT2D eigenvalue weighted by molar-refractivity contribution is 7.18. The Morgan fingerprint density at radius 3 is 2.62 bits per heavy atom. The highest BCUT2D eigenvalue weighted by Gasteiger charge is 2.33. The van der Waals surface area contributed by atoms with Crippen molar-refractivity contribution in [1.82, 2.24) is 25.4 Å². The van der Waals surface area contributed by atoms with Crippen LogP contribution in [0.1, 0.15) is 73.6 Å². The summed E-state index contributed by atoms with van der Waals surface area (Å²) >= 11 is 1.72. The van der Waals surface area contributed by atoms with Gasteiger partial charge in [-0.3, -0.25) is 4.79 Å². The Hall–Kier alpha value is -2.55. The van der Waals surface area contributed by atoms with Crippen LogP contribution in [0.5, 0.6) is 0 Å². The average molecular weight is 455 g/mol. The Kier molecular flexibility index (Phi) is 5.61. The molecule has 1 atom stereocenters. The fourth-order valence-electron chi connectivity index (χ4n) is 4.42. The molecular formula is C23H30N6O2S. The van der Waals surface area contributed by atoms with Gasteiger partial charge in [-0.05, 0) is 51.0 Å². The van der Waals surface area contributed by atoms with E-state index in [0.717, 1.165) is 60.6 Å². The van der Waals surface area contributed by atoms with Crippen LogP contribution < -0.4 is 10.2 Å². The third-order valence-corrected chi connectivity index (χ3v) is 7.86. The van der Waals surface area contributed by atoms with Crippen LogP contribution in [0.3, 0.4) is 0 Å². The molecule has 5 rings (SSSR count). The number of nitrogens with one attached hydrogen (secondary N) is 1. The second kappa shape index (κ2) is 8.42. The van der Waals surface area contributed by atoms with E-state index in [2.05, 4.69) is 58.0 Å². The number of carbonyl (C=O) groups excluding carboxylic acids is 1. The van der Waals surface area contributed by atoms with Gasteiger partial charge in [0.15, 0.2) is 5.82 Å². The van der Waals surface area contributed by atoms with Gasteiger partial charge in [0.1, 0.15) is 23.0 Å². The maximum absolute atomic E-state index is 13.1. The van der Waals surface area contributed by atoms with Crippen LogP contribution in [0, 0.1) is 25.7 Å². The maximum Gasteiger partial charge on any atom is 0.249 e. The van der Waals surface area contributed by atoms with E-state index in [0.29, 0.717) is 11.8 Å². The zero-order chi connectivity index (χ0) is 22.4. The fourth-order valence-corrected chi connectivity index (χ4v) is 5.41. The molecule has 1 unspecified atom stereocenters. The largest absolute Gasteiger partial charge is 0.356 e. The Balaban J connectivity index is 1.25. The number of aryl methyl sites for hydroxylation is 2. The Morgan fingerprint density at radius 1 is 1.19 bits per heavy atom. The SMILES string of the molecule is Cc1sc2ncnc(N3CCC(C(=O)NC(c4nc(C5CC5)no4)C(C)C)CC3)c2c1C. The topological polar surface area (TPSA) is 97.0 Å². The molecule has 2 fully saturated rings. The molecule has 1 N–H and O–H groups in total. The van der Waals surface area contributed by atoms with E-state index in [1.165, 1.54) is 10.4 Å². The lowest BCUT2D eigenvalue weighted by Gasteiger charge is -2.33. The molecule has 0 bridgehead atoms. The number of hydrogen-bond donors (Lipinski definition) is 1. The molecule has 4 heterocycles. The van der Waals surface area contributed by atoms with Crippen LogP contribution in [0.2, 0.25) is 0 Å². The maximum atomic E-state index is 13.1. The smallest absolute Gasteiger partial charge is 0.249 e. The van der Waals surface area contributed by atoms with Crippen LogP contribution in [0.25, 0.3) is 10.2 Å². The number of anilines is 1. The molecule has 1 aliphatic carbocycles. The molecule has 0 spiro atoms. The number of nitrogens with zero attached hydrogens (tertiary/aromatic N) is 5. The molecule has 1 saturated carbocycles. The van der Waals surface area contributed by atoms with E-state index >= 15 is 0 Å². The summed E-state index contributed by atoms with van der Waals surface area (Å²) in [5.74, 6) is 2.96. The van der Waals surface area contributed by atoms with Gasteiger partial charge in [-0.1, -0.05) is 19.0 Å². The van der Waals surface area contributed by atoms with Gasteiger partial charge >= 0.3 is 0 Å². The summed E-state index contributed by atoms with van der Waals surface area (Å²) in [6.45, 7) is 10.0. The summed E-state index contributed by atoms with van der Waals surface area (Å²) in [4.78, 5) is 31.3. The highest BCUT2D eigenvalue weighted by Crippen LogP contribution is 2.39. The van der Waals surface area contributed by atoms with Crippen molar-refractivity contribution >= 4 is 33.3 Å². The number of thiophene rings is 1. The number of hydrogen-bond acceptors (Lipinski definition) is 8. The van der Waals surface area contributed by atoms with Gasteiger partial charge in [0.25, 0.3) is 0 Å². The van der Waals surface area contributed by atoms with Gasteiger partial charge in [-0.25, -0.2) is 9.97 Å². The lowest BCUT2D eigenvalue weighted by Crippen LogP contribution is -2.42. The van der Waals surface area contributed by atoms with Gasteiger partial charge in [0.05, 0.1) is 5.39 Å². The number of aromatic nitrogens is 4. The molecule has 170 valence electrons. The lowest BCUT2D eigenvalue weighted by atomic mass is 9.94. The van der Waals surface area contributed by atoms with Crippen molar-refractivity contribution in [2.75, 3.05) is 18.0 Å². The van der Waals surface area contributed by atoms with Gasteiger partial charge < -0.3 is 14.7 Å². The zero-order valence-electron chi connectivity index (χ0n) is 19.1. The molecule has 2 aliphatic rings. The second-order valence-electron chi connectivity index (χ2n) is 9.42. The first-order valence-electron chi connectivity index (χ1n) is 11.5. The molecule has 1 saturated heterocycles. The molecule has 3 aromatic rings. The van der Waals surface area contributed by atoms with E-state index in [9.17, 15) is 4.79 Å². The monoisotopic (exact) mass is 454 g/mol. The van der Waals surface area contributed by atoms with Gasteiger partial charge in [-0.2, -0.15) is 4.98 Å². The van der Waals surface area contributed by atoms with Crippen LogP contribution in [0.4, 0.5) is 5.82 Å². The first kappa shape index (κ1) is 21.3. The number of rotatable bonds is 6. The number of amides is 1. The van der Waals surface area contributed by atoms with Crippen molar-refractivity contribution < 1.29 is 9.32 Å². The minimum Gasteiger partial charge on any atom is -0.356 e. The molecular weight excluding hydrogens is 424 g/mol. The van der Waals surface area contributed by atoms with Crippen molar-refractivity contribution in [3.8, 4) is 0 Å². The normalized spacial score (nSPS) is 18.5. The number of carbonyl (C=O) groups is 1. The van der Waals surface area contributed by atoms with Gasteiger partial charge in [-0.15, -0.1) is 11.3 Å². The predicted octanol–water partition coefficient (Wildman–Crippen LogP) is 4.30. The van der Waals surface area contributed by atoms with Crippen molar-refractivity contribution in [2.45, 2.75) is 65.3 Å². The molecule has 0 aromatic carbocycles. The molecule has 0 radical (unpaired) electrons. The lowest BCUT2D eigenvalue weighted by molar-refractivity contribution is -0.126. The van der Waals surface area contributed by atoms with E-state index in [1.807, 2.05) is 0 Å². The molecule has 9 heteroatoms. The summed E-state index contributed by atoms with van der Waals surface area (Å²) < 4.78 is 5.51. The molecule has 1 aliphatic heterocycles. The average Bonchev–Trinajstić information content (AvgIpc) is 3.45. The first-order chi connectivity index (χ1) is 15.4.